The molecule has 0 spiro atoms. The van der Waals surface area contributed by atoms with Gasteiger partial charge in [-0.05, 0) is 23.8 Å². The van der Waals surface area contributed by atoms with E-state index in [1.165, 1.54) is 10.4 Å². The van der Waals surface area contributed by atoms with Crippen molar-refractivity contribution in [3.05, 3.63) is 73.1 Å². The fourth-order valence-electron chi connectivity index (χ4n) is 3.83. The van der Waals surface area contributed by atoms with Crippen molar-refractivity contribution in [2.45, 2.75) is 0 Å². The highest BCUT2D eigenvalue weighted by Crippen LogP contribution is 2.36. The van der Waals surface area contributed by atoms with Crippen LogP contribution in [0.15, 0.2) is 73.1 Å². The van der Waals surface area contributed by atoms with E-state index < -0.39 is 0 Å². The van der Waals surface area contributed by atoms with Gasteiger partial charge in [-0.2, -0.15) is 0 Å². The Balaban J connectivity index is 1.23. The average molecular weight is 417 g/mol. The van der Waals surface area contributed by atoms with Gasteiger partial charge in [-0.25, -0.2) is 9.97 Å². The van der Waals surface area contributed by atoms with E-state index >= 15 is 0 Å². The number of rotatable bonds is 6. The molecular weight excluding hydrogens is 392 g/mol. The first-order valence-electron chi connectivity index (χ1n) is 10.3. The highest BCUT2D eigenvalue weighted by Gasteiger charge is 2.21. The number of thiophene rings is 1. The van der Waals surface area contributed by atoms with Crippen molar-refractivity contribution in [3.8, 4) is 16.2 Å². The summed E-state index contributed by atoms with van der Waals surface area (Å²) < 4.78 is 5.85. The monoisotopic (exact) mass is 416 g/mol. The highest BCUT2D eigenvalue weighted by molar-refractivity contribution is 7.21. The third-order valence-electron chi connectivity index (χ3n) is 5.46. The van der Waals surface area contributed by atoms with Crippen molar-refractivity contribution in [2.75, 3.05) is 44.2 Å². The van der Waals surface area contributed by atoms with Crippen LogP contribution < -0.4 is 9.64 Å². The molecule has 2 aromatic carbocycles. The largest absolute Gasteiger partial charge is 0.492 e. The van der Waals surface area contributed by atoms with E-state index in [9.17, 15) is 0 Å². The Morgan fingerprint density at radius 1 is 0.867 bits per heavy atom. The third kappa shape index (κ3) is 4.15. The quantitative estimate of drug-likeness (QED) is 0.461. The van der Waals surface area contributed by atoms with Gasteiger partial charge in [0, 0.05) is 37.6 Å². The van der Waals surface area contributed by atoms with Crippen LogP contribution in [-0.2, 0) is 0 Å². The maximum Gasteiger partial charge on any atom is 0.140 e. The van der Waals surface area contributed by atoms with Crippen molar-refractivity contribution < 1.29 is 4.74 Å². The Bertz CT molecular complexity index is 1090. The molecule has 2 aromatic heterocycles. The van der Waals surface area contributed by atoms with E-state index in [0.29, 0.717) is 6.61 Å². The highest BCUT2D eigenvalue weighted by atomic mass is 32.1. The second-order valence-electron chi connectivity index (χ2n) is 7.38. The molecule has 1 fully saturated rings. The molecule has 0 amide bonds. The van der Waals surface area contributed by atoms with Gasteiger partial charge in [0.25, 0.3) is 0 Å². The first-order valence-corrected chi connectivity index (χ1v) is 11.1. The van der Waals surface area contributed by atoms with Crippen LogP contribution in [-0.4, -0.2) is 54.2 Å². The van der Waals surface area contributed by atoms with Gasteiger partial charge < -0.3 is 9.64 Å². The maximum atomic E-state index is 5.85. The first kappa shape index (κ1) is 19.0. The topological polar surface area (TPSA) is 41.5 Å². The van der Waals surface area contributed by atoms with Crippen molar-refractivity contribution in [2.24, 2.45) is 0 Å². The van der Waals surface area contributed by atoms with Gasteiger partial charge in [-0.1, -0.05) is 48.5 Å². The van der Waals surface area contributed by atoms with Crippen molar-refractivity contribution in [3.63, 3.8) is 0 Å². The molecule has 0 radical (unpaired) electrons. The predicted molar refractivity (Wildman–Crippen MR) is 123 cm³/mol. The lowest BCUT2D eigenvalue weighted by molar-refractivity contribution is 0.200. The fraction of sp³-hybridized carbons (Fsp3) is 0.250. The Morgan fingerprint density at radius 3 is 2.37 bits per heavy atom. The van der Waals surface area contributed by atoms with Crippen molar-refractivity contribution >= 4 is 27.4 Å². The lowest BCUT2D eigenvalue weighted by Gasteiger charge is -2.35. The van der Waals surface area contributed by atoms with Gasteiger partial charge in [0.2, 0.25) is 0 Å². The minimum atomic E-state index is 0.715. The van der Waals surface area contributed by atoms with E-state index in [1.54, 1.807) is 17.7 Å². The minimum Gasteiger partial charge on any atom is -0.492 e. The zero-order chi connectivity index (χ0) is 20.2. The summed E-state index contributed by atoms with van der Waals surface area (Å²) in [6, 6.07) is 22.8. The molecule has 0 atom stereocenters. The number of piperazine rings is 1. The normalized spacial score (nSPS) is 14.9. The van der Waals surface area contributed by atoms with E-state index in [1.807, 2.05) is 36.4 Å². The zero-order valence-corrected chi connectivity index (χ0v) is 17.6. The van der Waals surface area contributed by atoms with Gasteiger partial charge in [0.1, 0.15) is 29.3 Å². The standard InChI is InChI=1S/C24H24N4OS/c1-3-7-19(8-4-1)22-17-21-23(25-18-26-24(21)30-22)28-13-11-27(12-14-28)15-16-29-20-9-5-2-6-10-20/h1-10,17-18H,11-16H2. The second-order valence-corrected chi connectivity index (χ2v) is 8.41. The fourth-order valence-corrected chi connectivity index (χ4v) is 4.83. The summed E-state index contributed by atoms with van der Waals surface area (Å²) in [5.74, 6) is 1.99. The van der Waals surface area contributed by atoms with Gasteiger partial charge in [-0.3, -0.25) is 4.90 Å². The smallest absolute Gasteiger partial charge is 0.140 e. The Morgan fingerprint density at radius 2 is 1.60 bits per heavy atom. The molecule has 0 bridgehead atoms. The van der Waals surface area contributed by atoms with Crippen LogP contribution in [0.3, 0.4) is 0 Å². The minimum absolute atomic E-state index is 0.715. The summed E-state index contributed by atoms with van der Waals surface area (Å²) in [5, 5.41) is 1.15. The van der Waals surface area contributed by atoms with Gasteiger partial charge in [-0.15, -0.1) is 11.3 Å². The van der Waals surface area contributed by atoms with Crippen LogP contribution in [0.25, 0.3) is 20.7 Å². The molecule has 3 heterocycles. The summed E-state index contributed by atoms with van der Waals surface area (Å²) in [5.41, 5.74) is 1.23. The number of anilines is 1. The van der Waals surface area contributed by atoms with Crippen LogP contribution in [0, 0.1) is 0 Å². The van der Waals surface area contributed by atoms with Crippen LogP contribution in [0.2, 0.25) is 0 Å². The number of nitrogens with zero attached hydrogens (tertiary/aromatic N) is 4. The molecule has 5 nitrogen and oxygen atoms in total. The van der Waals surface area contributed by atoms with Crippen LogP contribution >= 0.6 is 11.3 Å². The van der Waals surface area contributed by atoms with Crippen molar-refractivity contribution in [1.29, 1.82) is 0 Å². The summed E-state index contributed by atoms with van der Waals surface area (Å²) >= 11 is 1.73. The zero-order valence-electron chi connectivity index (χ0n) is 16.8. The average Bonchev–Trinajstić information content (AvgIpc) is 3.26. The van der Waals surface area contributed by atoms with E-state index in [4.69, 9.17) is 4.74 Å². The molecule has 1 saturated heterocycles. The van der Waals surface area contributed by atoms with E-state index in [2.05, 4.69) is 50.1 Å². The first-order chi connectivity index (χ1) is 14.9. The summed E-state index contributed by atoms with van der Waals surface area (Å²) in [6.07, 6.45) is 1.70. The molecule has 0 N–H and O–H groups in total. The van der Waals surface area contributed by atoms with Crippen LogP contribution in [0.4, 0.5) is 5.82 Å². The molecule has 5 rings (SSSR count). The predicted octanol–water partition coefficient (Wildman–Crippen LogP) is 4.56. The number of hydrogen-bond donors (Lipinski definition) is 0. The Hall–Kier alpha value is -2.96. The van der Waals surface area contributed by atoms with Gasteiger partial charge in [0.05, 0.1) is 5.39 Å². The molecule has 30 heavy (non-hydrogen) atoms. The summed E-state index contributed by atoms with van der Waals surface area (Å²) in [6.45, 7) is 5.62. The number of benzene rings is 2. The summed E-state index contributed by atoms with van der Waals surface area (Å²) in [4.78, 5) is 16.3. The number of ether oxygens (including phenoxy) is 1. The molecular formula is C24H24N4OS. The molecule has 0 unspecified atom stereocenters. The number of fused-ring (bicyclic) bond motifs is 1. The SMILES string of the molecule is c1ccc(OCCN2CCN(c3ncnc4sc(-c5ccccc5)cc34)CC2)cc1. The number of para-hydroxylation sites is 1. The maximum absolute atomic E-state index is 5.85. The van der Waals surface area contributed by atoms with Crippen LogP contribution in [0.5, 0.6) is 5.75 Å². The molecule has 1 aliphatic heterocycles. The Labute approximate surface area is 180 Å². The van der Waals surface area contributed by atoms with Gasteiger partial charge in [0.15, 0.2) is 0 Å². The van der Waals surface area contributed by atoms with Crippen LogP contribution in [0.1, 0.15) is 0 Å². The molecule has 152 valence electrons. The van der Waals surface area contributed by atoms with E-state index in [0.717, 1.165) is 54.5 Å². The van der Waals surface area contributed by atoms with Gasteiger partial charge >= 0.3 is 0 Å². The molecule has 4 aromatic rings. The Kier molecular flexibility index (Phi) is 5.59. The molecule has 0 aliphatic carbocycles. The molecule has 1 aliphatic rings. The lowest BCUT2D eigenvalue weighted by atomic mass is 10.2. The summed E-state index contributed by atoms with van der Waals surface area (Å²) in [7, 11) is 0. The second kappa shape index (κ2) is 8.81. The van der Waals surface area contributed by atoms with E-state index in [-0.39, 0.29) is 0 Å². The molecule has 6 heteroatoms. The molecule has 0 saturated carbocycles. The third-order valence-corrected chi connectivity index (χ3v) is 6.55. The van der Waals surface area contributed by atoms with Crippen molar-refractivity contribution in [1.82, 2.24) is 14.9 Å². The number of hydrogen-bond acceptors (Lipinski definition) is 6. The number of aromatic nitrogens is 2. The lowest BCUT2D eigenvalue weighted by Crippen LogP contribution is -2.47.